The summed E-state index contributed by atoms with van der Waals surface area (Å²) >= 11 is 0. The lowest BCUT2D eigenvalue weighted by Gasteiger charge is -2.50. The van der Waals surface area contributed by atoms with Crippen molar-refractivity contribution in [3.8, 4) is 11.5 Å². The van der Waals surface area contributed by atoms with Crippen LogP contribution in [0.5, 0.6) is 11.5 Å². The van der Waals surface area contributed by atoms with Crippen LogP contribution in [0.2, 0.25) is 0 Å². The molecule has 0 aromatic heterocycles. The van der Waals surface area contributed by atoms with E-state index in [4.69, 9.17) is 9.47 Å². The second-order valence-corrected chi connectivity index (χ2v) is 9.71. The van der Waals surface area contributed by atoms with E-state index in [2.05, 4.69) is 4.90 Å². The normalized spacial score (nSPS) is 18.2. The predicted molar refractivity (Wildman–Crippen MR) is 140 cm³/mol. The monoisotopic (exact) mass is 527 g/mol. The topological polar surface area (TPSA) is 82.4 Å². The zero-order chi connectivity index (χ0) is 27.1. The van der Waals surface area contributed by atoms with Crippen molar-refractivity contribution >= 4 is 0 Å². The van der Waals surface area contributed by atoms with Crippen LogP contribution < -0.4 is 9.47 Å². The van der Waals surface area contributed by atoms with Gasteiger partial charge in [-0.25, -0.2) is 8.78 Å². The quantitative estimate of drug-likeness (QED) is 0.321. The Labute approximate surface area is 222 Å². The highest BCUT2D eigenvalue weighted by atomic mass is 19.1. The molecule has 3 aromatic rings. The lowest BCUT2D eigenvalue weighted by molar-refractivity contribution is 0.0238. The molecule has 3 aromatic carbocycles. The summed E-state index contributed by atoms with van der Waals surface area (Å²) in [6.45, 7) is 1.40. The molecule has 204 valence electrons. The average molecular weight is 528 g/mol. The van der Waals surface area contributed by atoms with Crippen LogP contribution in [0.3, 0.4) is 0 Å². The molecule has 1 heterocycles. The summed E-state index contributed by atoms with van der Waals surface area (Å²) in [4.78, 5) is 2.32. The Bertz CT molecular complexity index is 1130. The van der Waals surface area contributed by atoms with Gasteiger partial charge in [-0.05, 0) is 84.8 Å². The number of hydrogen-bond acceptors (Lipinski definition) is 6. The Morgan fingerprint density at radius 1 is 0.947 bits per heavy atom. The summed E-state index contributed by atoms with van der Waals surface area (Å²) in [5, 5.41) is 29.2. The van der Waals surface area contributed by atoms with Gasteiger partial charge in [-0.3, -0.25) is 4.90 Å². The van der Waals surface area contributed by atoms with Gasteiger partial charge in [-0.2, -0.15) is 0 Å². The second kappa shape index (κ2) is 12.7. The van der Waals surface area contributed by atoms with E-state index in [0.717, 1.165) is 17.5 Å². The molecule has 6 nitrogen and oxygen atoms in total. The van der Waals surface area contributed by atoms with Crippen molar-refractivity contribution < 1.29 is 33.6 Å². The van der Waals surface area contributed by atoms with Gasteiger partial charge in [0.2, 0.25) is 0 Å². The molecular formula is C30H35F2NO5. The van der Waals surface area contributed by atoms with E-state index in [-0.39, 0.29) is 30.8 Å². The average Bonchev–Trinajstić information content (AvgIpc) is 2.95. The highest BCUT2D eigenvalue weighted by molar-refractivity contribution is 5.44. The standard InChI is InChI=1S/C30H35F2NO5/c1-37-29-17-22(27(36)20-35)3-12-28(29)38-16-2-14-33-15-13-21(19-34)18-30(33,23-4-8-25(31)9-5-23)24-6-10-26(32)11-7-24/h3-12,17,21,27,34-36H,2,13-16,18-20H2,1H3. The van der Waals surface area contributed by atoms with E-state index in [9.17, 15) is 24.1 Å². The summed E-state index contributed by atoms with van der Waals surface area (Å²) in [5.41, 5.74) is 1.66. The third-order valence-electron chi connectivity index (χ3n) is 7.41. The van der Waals surface area contributed by atoms with Crippen LogP contribution in [0.25, 0.3) is 0 Å². The smallest absolute Gasteiger partial charge is 0.161 e. The summed E-state index contributed by atoms with van der Waals surface area (Å²) in [6.07, 6.45) is 1.09. The number of ether oxygens (including phenoxy) is 2. The molecule has 0 spiro atoms. The van der Waals surface area contributed by atoms with E-state index < -0.39 is 11.6 Å². The van der Waals surface area contributed by atoms with Crippen molar-refractivity contribution in [1.82, 2.24) is 4.90 Å². The van der Waals surface area contributed by atoms with Crippen molar-refractivity contribution in [1.29, 1.82) is 0 Å². The van der Waals surface area contributed by atoms with Crippen LogP contribution in [0.15, 0.2) is 66.7 Å². The van der Waals surface area contributed by atoms with Gasteiger partial charge in [0.15, 0.2) is 11.5 Å². The van der Waals surface area contributed by atoms with Crippen LogP contribution in [-0.4, -0.2) is 60.2 Å². The van der Waals surface area contributed by atoms with E-state index >= 15 is 0 Å². The third-order valence-corrected chi connectivity index (χ3v) is 7.41. The maximum Gasteiger partial charge on any atom is 0.161 e. The molecule has 0 aliphatic carbocycles. The number of nitrogens with zero attached hydrogens (tertiary/aromatic N) is 1. The Kier molecular flexibility index (Phi) is 9.33. The molecule has 0 radical (unpaired) electrons. The largest absolute Gasteiger partial charge is 0.493 e. The Morgan fingerprint density at radius 3 is 2.13 bits per heavy atom. The maximum absolute atomic E-state index is 13.9. The van der Waals surface area contributed by atoms with Crippen molar-refractivity contribution in [3.05, 3.63) is 95.1 Å². The van der Waals surface area contributed by atoms with Crippen LogP contribution in [0.1, 0.15) is 42.1 Å². The number of aliphatic hydroxyl groups excluding tert-OH is 3. The number of methoxy groups -OCH3 is 1. The number of halogens is 2. The zero-order valence-corrected chi connectivity index (χ0v) is 21.5. The fourth-order valence-electron chi connectivity index (χ4n) is 5.41. The van der Waals surface area contributed by atoms with Crippen molar-refractivity contribution in [3.63, 3.8) is 0 Å². The first-order chi connectivity index (χ1) is 18.4. The Morgan fingerprint density at radius 2 is 1.58 bits per heavy atom. The van der Waals surface area contributed by atoms with Crippen LogP contribution in [-0.2, 0) is 5.54 Å². The van der Waals surface area contributed by atoms with Gasteiger partial charge in [0.05, 0.1) is 25.9 Å². The van der Waals surface area contributed by atoms with Gasteiger partial charge in [0.1, 0.15) is 17.7 Å². The molecule has 1 fully saturated rings. The summed E-state index contributed by atoms with van der Waals surface area (Å²) < 4.78 is 39.2. The molecular weight excluding hydrogens is 492 g/mol. The number of aliphatic hydroxyl groups is 3. The van der Waals surface area contributed by atoms with Crippen molar-refractivity contribution in [2.75, 3.05) is 40.0 Å². The molecule has 4 rings (SSSR count). The SMILES string of the molecule is COc1cc(C(O)CO)ccc1OCCCN1CCC(CO)CC1(c1ccc(F)cc1)c1ccc(F)cc1. The molecule has 3 N–H and O–H groups in total. The van der Waals surface area contributed by atoms with Gasteiger partial charge in [-0.1, -0.05) is 30.3 Å². The highest BCUT2D eigenvalue weighted by Gasteiger charge is 2.44. The number of piperidine rings is 1. The Hall–Kier alpha value is -3.04. The molecule has 8 heteroatoms. The van der Waals surface area contributed by atoms with Gasteiger partial charge < -0.3 is 24.8 Å². The molecule has 1 aliphatic heterocycles. The summed E-state index contributed by atoms with van der Waals surface area (Å²) in [5.74, 6) is 0.386. The lowest BCUT2D eigenvalue weighted by Crippen LogP contribution is -2.53. The number of benzene rings is 3. The first-order valence-electron chi connectivity index (χ1n) is 12.9. The fourth-order valence-corrected chi connectivity index (χ4v) is 5.41. The van der Waals surface area contributed by atoms with E-state index in [0.29, 0.717) is 49.6 Å². The molecule has 1 aliphatic rings. The van der Waals surface area contributed by atoms with Crippen molar-refractivity contribution in [2.45, 2.75) is 30.9 Å². The predicted octanol–water partition coefficient (Wildman–Crippen LogP) is 4.42. The number of rotatable bonds is 11. The number of likely N-dealkylation sites (tertiary alicyclic amines) is 1. The molecule has 38 heavy (non-hydrogen) atoms. The maximum atomic E-state index is 13.9. The van der Waals surface area contributed by atoms with E-state index in [1.807, 2.05) is 0 Å². The van der Waals surface area contributed by atoms with Gasteiger partial charge in [0, 0.05) is 13.2 Å². The van der Waals surface area contributed by atoms with Gasteiger partial charge >= 0.3 is 0 Å². The van der Waals surface area contributed by atoms with Crippen molar-refractivity contribution in [2.24, 2.45) is 5.92 Å². The second-order valence-electron chi connectivity index (χ2n) is 9.71. The van der Waals surface area contributed by atoms with E-state index in [1.54, 1.807) is 42.5 Å². The first-order valence-corrected chi connectivity index (χ1v) is 12.9. The summed E-state index contributed by atoms with van der Waals surface area (Å²) in [6, 6.07) is 17.9. The highest BCUT2D eigenvalue weighted by Crippen LogP contribution is 2.45. The molecule has 0 saturated carbocycles. The minimum absolute atomic E-state index is 0.0435. The zero-order valence-electron chi connectivity index (χ0n) is 21.5. The Balaban J connectivity index is 1.56. The van der Waals surface area contributed by atoms with Gasteiger partial charge in [-0.15, -0.1) is 0 Å². The molecule has 0 bridgehead atoms. The first kappa shape index (κ1) is 28.0. The lowest BCUT2D eigenvalue weighted by atomic mass is 9.71. The van der Waals surface area contributed by atoms with E-state index in [1.165, 1.54) is 31.4 Å². The molecule has 2 unspecified atom stereocenters. The van der Waals surface area contributed by atoms with Gasteiger partial charge in [0.25, 0.3) is 0 Å². The molecule has 2 atom stereocenters. The van der Waals surface area contributed by atoms with Crippen LogP contribution in [0.4, 0.5) is 8.78 Å². The fraction of sp³-hybridized carbons (Fsp3) is 0.400. The minimum atomic E-state index is -0.995. The summed E-state index contributed by atoms with van der Waals surface area (Å²) in [7, 11) is 1.52. The number of hydrogen-bond donors (Lipinski definition) is 3. The van der Waals surface area contributed by atoms with Crippen LogP contribution >= 0.6 is 0 Å². The third kappa shape index (κ3) is 5.99. The van der Waals surface area contributed by atoms with Crippen LogP contribution in [0, 0.1) is 17.6 Å². The molecule has 1 saturated heterocycles. The minimum Gasteiger partial charge on any atom is -0.493 e. The molecule has 0 amide bonds.